The molecule has 0 amide bonds. The van der Waals surface area contributed by atoms with Crippen LogP contribution in [-0.4, -0.2) is 7.05 Å². The fraction of sp³-hybridized carbons (Fsp3) is 0.250. The van der Waals surface area contributed by atoms with Gasteiger partial charge in [0, 0.05) is 22.3 Å². The van der Waals surface area contributed by atoms with Gasteiger partial charge in [0.15, 0.2) is 0 Å². The van der Waals surface area contributed by atoms with Crippen LogP contribution >= 0.6 is 11.8 Å². The van der Waals surface area contributed by atoms with Crippen molar-refractivity contribution < 1.29 is 0 Å². The maximum atomic E-state index is 2.36. The van der Waals surface area contributed by atoms with Gasteiger partial charge < -0.3 is 4.90 Å². The van der Waals surface area contributed by atoms with E-state index in [-0.39, 0.29) is 5.41 Å². The second-order valence-corrected chi connectivity index (χ2v) is 6.45. The summed E-state index contributed by atoms with van der Waals surface area (Å²) in [7, 11) is 2.14. The number of thioether (sulfide) groups is 1. The summed E-state index contributed by atoms with van der Waals surface area (Å²) >= 11 is 1.87. The molecular weight excluding hydrogens is 238 g/mol. The van der Waals surface area contributed by atoms with Crippen LogP contribution in [-0.2, 0) is 0 Å². The van der Waals surface area contributed by atoms with Crippen LogP contribution in [0.2, 0.25) is 0 Å². The standard InChI is InChI=1S/C16H17NS/c1-16(2)10-6-8-13-15(11-16)18-14-9-5-4-7-12(14)17(13)3/h4-11H,1-3H3. The molecule has 0 fully saturated rings. The lowest BCUT2D eigenvalue weighted by Crippen LogP contribution is -2.21. The molecule has 18 heavy (non-hydrogen) atoms. The van der Waals surface area contributed by atoms with Gasteiger partial charge in [-0.3, -0.25) is 0 Å². The summed E-state index contributed by atoms with van der Waals surface area (Å²) in [6, 6.07) is 8.58. The number of hydrogen-bond donors (Lipinski definition) is 0. The third-order valence-corrected chi connectivity index (χ3v) is 4.46. The Morgan fingerprint density at radius 3 is 2.78 bits per heavy atom. The molecule has 0 aromatic heterocycles. The van der Waals surface area contributed by atoms with Crippen LogP contribution < -0.4 is 4.90 Å². The summed E-state index contributed by atoms with van der Waals surface area (Å²) in [4.78, 5) is 4.97. The zero-order valence-electron chi connectivity index (χ0n) is 11.0. The van der Waals surface area contributed by atoms with Crippen LogP contribution in [0.1, 0.15) is 13.8 Å². The minimum atomic E-state index is 0.119. The highest BCUT2D eigenvalue weighted by Crippen LogP contribution is 2.47. The first-order chi connectivity index (χ1) is 8.57. The average Bonchev–Trinajstić information content (AvgIpc) is 2.47. The Bertz CT molecular complexity index is 579. The van der Waals surface area contributed by atoms with Crippen molar-refractivity contribution in [2.24, 2.45) is 5.41 Å². The highest BCUT2D eigenvalue weighted by atomic mass is 32.2. The molecule has 0 N–H and O–H groups in total. The second-order valence-electron chi connectivity index (χ2n) is 5.37. The Morgan fingerprint density at radius 1 is 1.17 bits per heavy atom. The SMILES string of the molecule is CN1C2=CC=CC(C)(C)C=C2Sc2ccccc21. The van der Waals surface area contributed by atoms with Gasteiger partial charge in [-0.2, -0.15) is 0 Å². The predicted molar refractivity (Wildman–Crippen MR) is 79.8 cm³/mol. The lowest BCUT2D eigenvalue weighted by molar-refractivity contribution is 0.625. The Labute approximate surface area is 113 Å². The number of hydrogen-bond acceptors (Lipinski definition) is 2. The van der Waals surface area contributed by atoms with Gasteiger partial charge in [-0.15, -0.1) is 0 Å². The summed E-state index contributed by atoms with van der Waals surface area (Å²) < 4.78 is 0. The van der Waals surface area contributed by atoms with Crippen molar-refractivity contribution in [3.63, 3.8) is 0 Å². The maximum Gasteiger partial charge on any atom is 0.0550 e. The molecule has 3 rings (SSSR count). The third kappa shape index (κ3) is 1.91. The quantitative estimate of drug-likeness (QED) is 0.667. The number of benzene rings is 1. The molecule has 1 aromatic carbocycles. The van der Waals surface area contributed by atoms with Crippen LogP contribution in [0.25, 0.3) is 0 Å². The van der Waals surface area contributed by atoms with Crippen molar-refractivity contribution in [3.05, 3.63) is 59.2 Å². The molecule has 1 aliphatic heterocycles. The van der Waals surface area contributed by atoms with E-state index in [9.17, 15) is 0 Å². The molecule has 0 unspecified atom stereocenters. The van der Waals surface area contributed by atoms with Crippen molar-refractivity contribution in [2.45, 2.75) is 18.7 Å². The molecule has 0 bridgehead atoms. The summed E-state index contributed by atoms with van der Waals surface area (Å²) in [6.07, 6.45) is 9.00. The molecule has 0 saturated heterocycles. The van der Waals surface area contributed by atoms with E-state index in [1.54, 1.807) is 0 Å². The number of rotatable bonds is 0. The molecule has 0 spiro atoms. The zero-order valence-corrected chi connectivity index (χ0v) is 11.8. The van der Waals surface area contributed by atoms with Crippen LogP contribution in [0.15, 0.2) is 64.1 Å². The van der Waals surface area contributed by atoms with E-state index >= 15 is 0 Å². The van der Waals surface area contributed by atoms with Gasteiger partial charge in [-0.25, -0.2) is 0 Å². The van der Waals surface area contributed by atoms with Crippen LogP contribution in [0.3, 0.4) is 0 Å². The van der Waals surface area contributed by atoms with Crippen molar-refractivity contribution >= 4 is 17.4 Å². The monoisotopic (exact) mass is 255 g/mol. The Kier molecular flexibility index (Phi) is 2.63. The number of allylic oxidation sites excluding steroid dienone is 4. The molecule has 0 saturated carbocycles. The Balaban J connectivity index is 2.15. The van der Waals surface area contributed by atoms with Crippen LogP contribution in [0.5, 0.6) is 0 Å². The van der Waals surface area contributed by atoms with Crippen molar-refractivity contribution in [1.29, 1.82) is 0 Å². The first-order valence-electron chi connectivity index (χ1n) is 6.20. The molecule has 2 aliphatic rings. The first-order valence-corrected chi connectivity index (χ1v) is 7.02. The molecule has 92 valence electrons. The normalized spacial score (nSPS) is 20.5. The van der Waals surface area contributed by atoms with Crippen LogP contribution in [0, 0.1) is 5.41 Å². The lowest BCUT2D eigenvalue weighted by Gasteiger charge is -2.32. The van der Waals surface area contributed by atoms with E-state index in [2.05, 4.69) is 74.4 Å². The average molecular weight is 255 g/mol. The molecule has 2 heteroatoms. The fourth-order valence-corrected chi connectivity index (χ4v) is 3.72. The lowest BCUT2D eigenvalue weighted by atomic mass is 9.93. The van der Waals surface area contributed by atoms with Gasteiger partial charge in [-0.05, 0) is 18.2 Å². The summed E-state index contributed by atoms with van der Waals surface area (Å²) in [5.41, 5.74) is 2.70. The summed E-state index contributed by atoms with van der Waals surface area (Å²) in [5.74, 6) is 0. The number of likely N-dealkylation sites (N-methyl/N-ethyl adjacent to an activating group) is 1. The van der Waals surface area contributed by atoms with Gasteiger partial charge >= 0.3 is 0 Å². The van der Waals surface area contributed by atoms with Gasteiger partial charge in [0.05, 0.1) is 11.4 Å². The van der Waals surface area contributed by atoms with E-state index in [0.717, 1.165) is 0 Å². The second kappa shape index (κ2) is 4.06. The molecule has 1 nitrogen and oxygen atoms in total. The highest BCUT2D eigenvalue weighted by Gasteiger charge is 2.25. The first kappa shape index (κ1) is 11.7. The van der Waals surface area contributed by atoms with E-state index in [0.29, 0.717) is 0 Å². The Morgan fingerprint density at radius 2 is 1.94 bits per heavy atom. The predicted octanol–water partition coefficient (Wildman–Crippen LogP) is 4.59. The van der Waals surface area contributed by atoms with Gasteiger partial charge in [0.25, 0.3) is 0 Å². The van der Waals surface area contributed by atoms with Crippen molar-refractivity contribution in [3.8, 4) is 0 Å². The molecule has 1 aromatic rings. The van der Waals surface area contributed by atoms with Crippen molar-refractivity contribution in [1.82, 2.24) is 0 Å². The largest absolute Gasteiger partial charge is 0.343 e. The van der Waals surface area contributed by atoms with E-state index in [4.69, 9.17) is 0 Å². The minimum absolute atomic E-state index is 0.119. The smallest absolute Gasteiger partial charge is 0.0550 e. The Hall–Kier alpha value is -1.41. The number of nitrogens with zero attached hydrogens (tertiary/aromatic N) is 1. The van der Waals surface area contributed by atoms with Crippen LogP contribution in [0.4, 0.5) is 5.69 Å². The highest BCUT2D eigenvalue weighted by molar-refractivity contribution is 8.03. The molecule has 0 radical (unpaired) electrons. The van der Waals surface area contributed by atoms with E-state index in [1.807, 2.05) is 11.8 Å². The third-order valence-electron chi connectivity index (χ3n) is 3.34. The number of fused-ring (bicyclic) bond motifs is 2. The minimum Gasteiger partial charge on any atom is -0.343 e. The van der Waals surface area contributed by atoms with E-state index in [1.165, 1.54) is 21.2 Å². The van der Waals surface area contributed by atoms with Gasteiger partial charge in [-0.1, -0.05) is 56.0 Å². The number of para-hydroxylation sites is 1. The fourth-order valence-electron chi connectivity index (χ4n) is 2.36. The topological polar surface area (TPSA) is 3.24 Å². The van der Waals surface area contributed by atoms with Gasteiger partial charge in [0.2, 0.25) is 0 Å². The van der Waals surface area contributed by atoms with Gasteiger partial charge in [0.1, 0.15) is 0 Å². The van der Waals surface area contributed by atoms with E-state index < -0.39 is 0 Å². The maximum absolute atomic E-state index is 2.36. The summed E-state index contributed by atoms with van der Waals surface area (Å²) in [6.45, 7) is 4.49. The zero-order chi connectivity index (χ0) is 12.8. The molecule has 1 heterocycles. The number of anilines is 1. The molecular formula is C16H17NS. The molecule has 1 aliphatic carbocycles. The summed E-state index contributed by atoms with van der Waals surface area (Å²) in [5, 5.41) is 0. The molecule has 0 atom stereocenters. The van der Waals surface area contributed by atoms with Crippen molar-refractivity contribution in [2.75, 3.05) is 11.9 Å².